The summed E-state index contributed by atoms with van der Waals surface area (Å²) in [7, 11) is 3.80. The molecule has 1 amide bonds. The van der Waals surface area contributed by atoms with Crippen molar-refractivity contribution >= 4 is 22.7 Å². The van der Waals surface area contributed by atoms with Gasteiger partial charge in [-0.15, -0.1) is 10.2 Å². The fourth-order valence-corrected chi connectivity index (χ4v) is 4.55. The van der Waals surface area contributed by atoms with Crippen LogP contribution >= 0.6 is 0 Å². The summed E-state index contributed by atoms with van der Waals surface area (Å²) in [5.41, 5.74) is 4.54. The average Bonchev–Trinajstić information content (AvgIpc) is 3.49. The first kappa shape index (κ1) is 21.0. The number of hydrogen-bond donors (Lipinski definition) is 0. The standard InChI is InChI=1S/C23H26N8O2/c1-15-16-7-4-5-8-19(16)31(26-15)21(33)10-6-9-20(32)30-12-11-18-17(13-30)22(27-29(18)3)23-25-24-14-28(23)2/h4-5,7-8,14H,6,9-13H2,1-3H3. The second-order valence-corrected chi connectivity index (χ2v) is 8.49. The predicted molar refractivity (Wildman–Crippen MR) is 121 cm³/mol. The lowest BCUT2D eigenvalue weighted by Gasteiger charge is -2.27. The number of nitrogens with zero attached hydrogens (tertiary/aromatic N) is 8. The fraction of sp³-hybridized carbons (Fsp3) is 0.391. The fourth-order valence-electron chi connectivity index (χ4n) is 4.55. The van der Waals surface area contributed by atoms with E-state index in [1.165, 1.54) is 4.68 Å². The normalized spacial score (nSPS) is 13.5. The van der Waals surface area contributed by atoms with Crippen molar-refractivity contribution in [1.29, 1.82) is 0 Å². The molecule has 10 nitrogen and oxygen atoms in total. The van der Waals surface area contributed by atoms with E-state index >= 15 is 0 Å². The van der Waals surface area contributed by atoms with E-state index in [1.54, 1.807) is 6.33 Å². The van der Waals surface area contributed by atoms with Gasteiger partial charge in [-0.25, -0.2) is 0 Å². The van der Waals surface area contributed by atoms with Gasteiger partial charge in [0, 0.05) is 63.1 Å². The van der Waals surface area contributed by atoms with Crippen LogP contribution in [0.2, 0.25) is 0 Å². The Labute approximate surface area is 190 Å². The topological polar surface area (TPSA) is 104 Å². The first-order chi connectivity index (χ1) is 15.9. The second-order valence-electron chi connectivity index (χ2n) is 8.49. The Kier molecular flexibility index (Phi) is 5.27. The third-order valence-electron chi connectivity index (χ3n) is 6.31. The molecule has 33 heavy (non-hydrogen) atoms. The Morgan fingerprint density at radius 3 is 2.64 bits per heavy atom. The molecule has 0 atom stereocenters. The van der Waals surface area contributed by atoms with Crippen LogP contribution in [-0.2, 0) is 31.9 Å². The van der Waals surface area contributed by atoms with Gasteiger partial charge in [0.1, 0.15) is 12.0 Å². The number of carbonyl (C=O) groups excluding carboxylic acids is 2. The zero-order chi connectivity index (χ0) is 23.1. The number of amides is 1. The lowest BCUT2D eigenvalue weighted by Crippen LogP contribution is -2.36. The molecule has 0 spiro atoms. The maximum atomic E-state index is 12.9. The highest BCUT2D eigenvalue weighted by molar-refractivity contribution is 5.92. The highest BCUT2D eigenvalue weighted by Crippen LogP contribution is 2.28. The largest absolute Gasteiger partial charge is 0.338 e. The summed E-state index contributed by atoms with van der Waals surface area (Å²) in [6.07, 6.45) is 3.45. The van der Waals surface area contributed by atoms with Crippen LogP contribution in [-0.4, -0.2) is 57.6 Å². The zero-order valence-corrected chi connectivity index (χ0v) is 19.0. The van der Waals surface area contributed by atoms with E-state index in [4.69, 9.17) is 0 Å². The third kappa shape index (κ3) is 3.71. The Bertz CT molecular complexity index is 1360. The smallest absolute Gasteiger partial charge is 0.247 e. The molecule has 0 aliphatic carbocycles. The van der Waals surface area contributed by atoms with Gasteiger partial charge in [0.05, 0.1) is 11.2 Å². The molecule has 0 radical (unpaired) electrons. The van der Waals surface area contributed by atoms with Gasteiger partial charge in [0.25, 0.3) is 0 Å². The molecule has 4 aromatic rings. The molecular formula is C23H26N8O2. The molecule has 1 aliphatic rings. The van der Waals surface area contributed by atoms with E-state index in [9.17, 15) is 9.59 Å². The van der Waals surface area contributed by atoms with Crippen molar-refractivity contribution in [2.75, 3.05) is 6.54 Å². The third-order valence-corrected chi connectivity index (χ3v) is 6.31. The summed E-state index contributed by atoms with van der Waals surface area (Å²) < 4.78 is 5.16. The summed E-state index contributed by atoms with van der Waals surface area (Å²) in [5.74, 6) is 0.640. The molecule has 0 N–H and O–H groups in total. The van der Waals surface area contributed by atoms with Crippen LogP contribution in [0, 0.1) is 6.92 Å². The molecule has 0 saturated carbocycles. The summed E-state index contributed by atoms with van der Waals surface area (Å²) in [6.45, 7) is 3.02. The molecular weight excluding hydrogens is 420 g/mol. The van der Waals surface area contributed by atoms with Gasteiger partial charge in [-0.05, 0) is 19.4 Å². The van der Waals surface area contributed by atoms with E-state index in [2.05, 4.69) is 20.4 Å². The van der Waals surface area contributed by atoms with Gasteiger partial charge in [-0.1, -0.05) is 18.2 Å². The van der Waals surface area contributed by atoms with Crippen molar-refractivity contribution in [3.63, 3.8) is 0 Å². The quantitative estimate of drug-likeness (QED) is 0.466. The molecule has 1 aliphatic heterocycles. The van der Waals surface area contributed by atoms with Crippen molar-refractivity contribution in [3.05, 3.63) is 47.5 Å². The maximum absolute atomic E-state index is 12.9. The van der Waals surface area contributed by atoms with Crippen LogP contribution in [0.3, 0.4) is 0 Å². The Hall–Kier alpha value is -3.82. The number of carbonyl (C=O) groups is 2. The summed E-state index contributed by atoms with van der Waals surface area (Å²) in [5, 5.41) is 18.1. The van der Waals surface area contributed by atoms with Gasteiger partial charge in [-0.2, -0.15) is 14.9 Å². The predicted octanol–water partition coefficient (Wildman–Crippen LogP) is 2.27. The Balaban J connectivity index is 1.24. The van der Waals surface area contributed by atoms with E-state index in [-0.39, 0.29) is 18.2 Å². The molecule has 4 heterocycles. The van der Waals surface area contributed by atoms with Gasteiger partial charge >= 0.3 is 0 Å². The summed E-state index contributed by atoms with van der Waals surface area (Å²) >= 11 is 0. The van der Waals surface area contributed by atoms with E-state index in [0.717, 1.165) is 40.0 Å². The SMILES string of the molecule is Cc1nn(C(=O)CCCC(=O)N2CCc3c(c(-c4nncn4C)nn3C)C2)c2ccccc12. The van der Waals surface area contributed by atoms with E-state index in [1.807, 2.05) is 59.4 Å². The number of hydrogen-bond acceptors (Lipinski definition) is 6. The van der Waals surface area contributed by atoms with Gasteiger partial charge in [-0.3, -0.25) is 14.3 Å². The number of aryl methyl sites for hydroxylation is 3. The number of rotatable bonds is 5. The number of fused-ring (bicyclic) bond motifs is 2. The second kappa shape index (κ2) is 8.27. The Morgan fingerprint density at radius 1 is 1.06 bits per heavy atom. The molecule has 3 aromatic heterocycles. The molecule has 10 heteroatoms. The number of benzene rings is 1. The monoisotopic (exact) mass is 446 g/mol. The molecule has 5 rings (SSSR count). The average molecular weight is 447 g/mol. The Morgan fingerprint density at radius 2 is 1.85 bits per heavy atom. The number of para-hydroxylation sites is 1. The molecule has 1 aromatic carbocycles. The summed E-state index contributed by atoms with van der Waals surface area (Å²) in [4.78, 5) is 27.5. The molecule has 0 unspecified atom stereocenters. The first-order valence-corrected chi connectivity index (χ1v) is 11.1. The minimum absolute atomic E-state index is 0.0442. The molecule has 0 saturated heterocycles. The highest BCUT2D eigenvalue weighted by atomic mass is 16.2. The first-order valence-electron chi connectivity index (χ1n) is 11.1. The minimum Gasteiger partial charge on any atom is -0.338 e. The van der Waals surface area contributed by atoms with Crippen LogP contribution < -0.4 is 0 Å². The summed E-state index contributed by atoms with van der Waals surface area (Å²) in [6, 6.07) is 7.69. The highest BCUT2D eigenvalue weighted by Gasteiger charge is 2.28. The van der Waals surface area contributed by atoms with Crippen molar-refractivity contribution in [3.8, 4) is 11.5 Å². The number of aromatic nitrogens is 7. The van der Waals surface area contributed by atoms with E-state index in [0.29, 0.717) is 31.8 Å². The van der Waals surface area contributed by atoms with E-state index < -0.39 is 0 Å². The van der Waals surface area contributed by atoms with Crippen molar-refractivity contribution in [2.45, 2.75) is 39.2 Å². The van der Waals surface area contributed by atoms with Gasteiger partial charge in [0.2, 0.25) is 11.8 Å². The van der Waals surface area contributed by atoms with Crippen LogP contribution in [0.15, 0.2) is 30.6 Å². The molecule has 170 valence electrons. The van der Waals surface area contributed by atoms with Crippen molar-refractivity contribution in [2.24, 2.45) is 14.1 Å². The zero-order valence-electron chi connectivity index (χ0n) is 19.0. The van der Waals surface area contributed by atoms with Gasteiger partial charge in [0.15, 0.2) is 5.82 Å². The maximum Gasteiger partial charge on any atom is 0.247 e. The van der Waals surface area contributed by atoms with Crippen LogP contribution in [0.1, 0.15) is 41.0 Å². The van der Waals surface area contributed by atoms with Crippen molar-refractivity contribution in [1.82, 2.24) is 39.2 Å². The van der Waals surface area contributed by atoms with Gasteiger partial charge < -0.3 is 9.47 Å². The van der Waals surface area contributed by atoms with Crippen LogP contribution in [0.25, 0.3) is 22.4 Å². The molecule has 0 fully saturated rings. The van der Waals surface area contributed by atoms with Crippen molar-refractivity contribution < 1.29 is 9.59 Å². The minimum atomic E-state index is -0.0927. The molecule has 0 bridgehead atoms. The van der Waals surface area contributed by atoms with Crippen LogP contribution in [0.4, 0.5) is 0 Å². The lowest BCUT2D eigenvalue weighted by molar-refractivity contribution is -0.132. The lowest BCUT2D eigenvalue weighted by atomic mass is 10.0. The van der Waals surface area contributed by atoms with Crippen LogP contribution in [0.5, 0.6) is 0 Å².